The number of carbonyl (C=O) groups is 1. The minimum absolute atomic E-state index is 0.146. The first-order valence-corrected chi connectivity index (χ1v) is 9.64. The largest absolute Gasteiger partial charge is 0.482 e. The molecule has 0 radical (unpaired) electrons. The summed E-state index contributed by atoms with van der Waals surface area (Å²) < 4.78 is 5.22. The zero-order valence-electron chi connectivity index (χ0n) is 15.1. The molecule has 0 saturated carbocycles. The molecule has 0 fully saturated rings. The molecule has 0 saturated heterocycles. The van der Waals surface area contributed by atoms with E-state index in [1.54, 1.807) is 30.0 Å². The first-order chi connectivity index (χ1) is 12.8. The minimum Gasteiger partial charge on any atom is -0.482 e. The van der Waals surface area contributed by atoms with Crippen LogP contribution in [0.5, 0.6) is 5.75 Å². The molecule has 0 heterocycles. The van der Waals surface area contributed by atoms with Gasteiger partial charge >= 0.3 is 5.97 Å². The predicted molar refractivity (Wildman–Crippen MR) is 110 cm³/mol. The van der Waals surface area contributed by atoms with Crippen LogP contribution in [0.1, 0.15) is 12.5 Å². The van der Waals surface area contributed by atoms with Crippen molar-refractivity contribution in [2.24, 2.45) is 0 Å². The summed E-state index contributed by atoms with van der Waals surface area (Å²) in [6.07, 6.45) is 0. The quantitative estimate of drug-likeness (QED) is 0.267. The van der Waals surface area contributed by atoms with E-state index in [4.69, 9.17) is 26.9 Å². The molecule has 0 spiro atoms. The van der Waals surface area contributed by atoms with Crippen LogP contribution >= 0.6 is 23.4 Å². The molecule has 27 heavy (non-hydrogen) atoms. The number of halogens is 1. The van der Waals surface area contributed by atoms with E-state index in [1.807, 2.05) is 38.1 Å². The molecule has 8 heteroatoms. The molecule has 0 aliphatic carbocycles. The summed E-state index contributed by atoms with van der Waals surface area (Å²) in [7, 11) is 0. The Hall–Kier alpha value is -2.22. The molecule has 2 aromatic rings. The van der Waals surface area contributed by atoms with Crippen LogP contribution in [0.3, 0.4) is 0 Å². The maximum Gasteiger partial charge on any atom is 0.341 e. The highest BCUT2D eigenvalue weighted by molar-refractivity contribution is 8.00. The maximum absolute atomic E-state index is 10.6. The fourth-order valence-electron chi connectivity index (χ4n) is 2.11. The van der Waals surface area contributed by atoms with Gasteiger partial charge in [0.2, 0.25) is 0 Å². The van der Waals surface area contributed by atoms with Crippen LogP contribution in [-0.4, -0.2) is 35.2 Å². The van der Waals surface area contributed by atoms with Gasteiger partial charge in [-0.1, -0.05) is 11.6 Å². The molecule has 2 aromatic carbocycles. The first-order valence-electron chi connectivity index (χ1n) is 8.27. The van der Waals surface area contributed by atoms with Crippen molar-refractivity contribution < 1.29 is 14.6 Å². The van der Waals surface area contributed by atoms with Gasteiger partial charge in [-0.15, -0.1) is 11.8 Å². The van der Waals surface area contributed by atoms with E-state index in [-0.39, 0.29) is 12.6 Å². The van der Waals surface area contributed by atoms with Gasteiger partial charge in [-0.2, -0.15) is 0 Å². The Labute approximate surface area is 167 Å². The Balaban J connectivity index is 1.80. The van der Waals surface area contributed by atoms with Gasteiger partial charge in [0.05, 0.1) is 6.04 Å². The van der Waals surface area contributed by atoms with Crippen molar-refractivity contribution in [2.45, 2.75) is 24.8 Å². The van der Waals surface area contributed by atoms with E-state index in [0.29, 0.717) is 22.2 Å². The fraction of sp³-hybridized carbons (Fsp3) is 0.263. The summed E-state index contributed by atoms with van der Waals surface area (Å²) in [5, 5.41) is 17.6. The average molecular weight is 408 g/mol. The number of ether oxygens (including phenoxy) is 1. The lowest BCUT2D eigenvalue weighted by atomic mass is 10.2. The van der Waals surface area contributed by atoms with E-state index in [9.17, 15) is 4.79 Å². The molecule has 0 aliphatic rings. The van der Waals surface area contributed by atoms with Gasteiger partial charge in [0.25, 0.3) is 0 Å². The Morgan fingerprint density at radius 3 is 2.63 bits per heavy atom. The van der Waals surface area contributed by atoms with Crippen LogP contribution in [0.2, 0.25) is 5.02 Å². The van der Waals surface area contributed by atoms with E-state index in [1.165, 1.54) is 0 Å². The highest BCUT2D eigenvalue weighted by Gasteiger charge is 2.10. The number of nitrogens with one attached hydrogen (secondary N) is 3. The Kier molecular flexibility index (Phi) is 7.97. The standard InChI is InChI=1S/C19H22ClN3O3S/c1-12-9-16(7-8-18(12)26-10-19(24)25)27-11-17(21)13(2)22-23-15-5-3-14(20)4-6-15/h3-9,13,21-23H,10-11H2,1-2H3,(H,24,25). The van der Waals surface area contributed by atoms with Crippen molar-refractivity contribution in [2.75, 3.05) is 17.8 Å². The number of aryl methyl sites for hydroxylation is 1. The maximum atomic E-state index is 10.6. The van der Waals surface area contributed by atoms with Crippen LogP contribution in [0.4, 0.5) is 5.69 Å². The monoisotopic (exact) mass is 407 g/mol. The summed E-state index contributed by atoms with van der Waals surface area (Å²) >= 11 is 7.40. The summed E-state index contributed by atoms with van der Waals surface area (Å²) in [4.78, 5) is 11.6. The van der Waals surface area contributed by atoms with Crippen molar-refractivity contribution >= 4 is 40.7 Å². The Morgan fingerprint density at radius 2 is 2.00 bits per heavy atom. The van der Waals surface area contributed by atoms with Crippen molar-refractivity contribution in [3.63, 3.8) is 0 Å². The number of anilines is 1. The van der Waals surface area contributed by atoms with Crippen LogP contribution < -0.4 is 15.6 Å². The second kappa shape index (κ2) is 10.2. The number of aliphatic carboxylic acids is 1. The molecule has 0 amide bonds. The van der Waals surface area contributed by atoms with Gasteiger partial charge in [0.1, 0.15) is 5.75 Å². The fourth-order valence-corrected chi connectivity index (χ4v) is 3.23. The minimum atomic E-state index is -1.00. The lowest BCUT2D eigenvalue weighted by Gasteiger charge is -2.17. The molecule has 6 nitrogen and oxygen atoms in total. The second-order valence-corrected chi connectivity index (χ2v) is 7.41. The van der Waals surface area contributed by atoms with Crippen LogP contribution in [-0.2, 0) is 4.79 Å². The molecular weight excluding hydrogens is 386 g/mol. The molecule has 1 atom stereocenters. The van der Waals surface area contributed by atoms with Gasteiger partial charge in [0, 0.05) is 27.1 Å². The normalized spacial score (nSPS) is 11.7. The molecule has 1 unspecified atom stereocenters. The van der Waals surface area contributed by atoms with Crippen molar-refractivity contribution in [1.29, 1.82) is 5.41 Å². The molecule has 4 N–H and O–H groups in total. The molecule has 144 valence electrons. The average Bonchev–Trinajstić information content (AvgIpc) is 2.64. The van der Waals surface area contributed by atoms with Crippen LogP contribution in [0, 0.1) is 12.3 Å². The van der Waals surface area contributed by atoms with Crippen molar-refractivity contribution in [3.8, 4) is 5.75 Å². The molecule has 0 bridgehead atoms. The van der Waals surface area contributed by atoms with Crippen LogP contribution in [0.25, 0.3) is 0 Å². The zero-order valence-corrected chi connectivity index (χ0v) is 16.7. The van der Waals surface area contributed by atoms with Gasteiger partial charge in [-0.3, -0.25) is 0 Å². The zero-order chi connectivity index (χ0) is 19.8. The Bertz CT molecular complexity index is 799. The number of rotatable bonds is 10. The summed E-state index contributed by atoms with van der Waals surface area (Å²) in [6.45, 7) is 3.43. The number of hydrogen-bond donors (Lipinski definition) is 4. The number of hydrazine groups is 1. The van der Waals surface area contributed by atoms with Gasteiger partial charge in [0.15, 0.2) is 6.61 Å². The summed E-state index contributed by atoms with van der Waals surface area (Å²) in [6, 6.07) is 12.7. The van der Waals surface area contributed by atoms with E-state index in [2.05, 4.69) is 10.9 Å². The van der Waals surface area contributed by atoms with Gasteiger partial charge < -0.3 is 20.7 Å². The van der Waals surface area contributed by atoms with E-state index >= 15 is 0 Å². The predicted octanol–water partition coefficient (Wildman–Crippen LogP) is 4.23. The Morgan fingerprint density at radius 1 is 1.30 bits per heavy atom. The number of hydrogen-bond acceptors (Lipinski definition) is 6. The highest BCUT2D eigenvalue weighted by Crippen LogP contribution is 2.26. The van der Waals surface area contributed by atoms with Gasteiger partial charge in [-0.25, -0.2) is 10.2 Å². The number of benzene rings is 2. The molecule has 0 aliphatic heterocycles. The number of carboxylic acids is 1. The lowest BCUT2D eigenvalue weighted by molar-refractivity contribution is -0.139. The third kappa shape index (κ3) is 7.13. The molecule has 0 aromatic heterocycles. The van der Waals surface area contributed by atoms with Gasteiger partial charge in [-0.05, 0) is 61.9 Å². The third-order valence-corrected chi connectivity index (χ3v) is 4.99. The van der Waals surface area contributed by atoms with E-state index in [0.717, 1.165) is 16.1 Å². The van der Waals surface area contributed by atoms with Crippen LogP contribution in [0.15, 0.2) is 47.4 Å². The highest BCUT2D eigenvalue weighted by atomic mass is 35.5. The molecule has 2 rings (SSSR count). The smallest absolute Gasteiger partial charge is 0.341 e. The third-order valence-electron chi connectivity index (χ3n) is 3.69. The second-order valence-electron chi connectivity index (χ2n) is 5.92. The number of thioether (sulfide) groups is 1. The first kappa shape index (κ1) is 21.1. The number of carboxylic acid groups (broad SMARTS) is 1. The molecular formula is C19H22ClN3O3S. The summed E-state index contributed by atoms with van der Waals surface area (Å²) in [5.74, 6) is 0.0830. The topological polar surface area (TPSA) is 94.4 Å². The summed E-state index contributed by atoms with van der Waals surface area (Å²) in [5.41, 5.74) is 8.45. The lowest BCUT2D eigenvalue weighted by Crippen LogP contribution is -2.38. The van der Waals surface area contributed by atoms with Crippen molar-refractivity contribution in [3.05, 3.63) is 53.1 Å². The van der Waals surface area contributed by atoms with Crippen molar-refractivity contribution in [1.82, 2.24) is 5.43 Å². The van der Waals surface area contributed by atoms with E-state index < -0.39 is 5.97 Å². The SMILES string of the molecule is Cc1cc(SCC(=N)C(C)NNc2ccc(Cl)cc2)ccc1OCC(=O)O.